The Hall–Kier alpha value is -3.41. The monoisotopic (exact) mass is 320 g/mol. The zero-order valence-corrected chi connectivity index (χ0v) is 12.6. The molecule has 2 N–H and O–H groups in total. The van der Waals surface area contributed by atoms with E-state index >= 15 is 0 Å². The Morgan fingerprint density at radius 2 is 1.79 bits per heavy atom. The highest BCUT2D eigenvalue weighted by Crippen LogP contribution is 2.32. The number of pyridine rings is 2. The average Bonchev–Trinajstić information content (AvgIpc) is 3.08. The van der Waals surface area contributed by atoms with Crippen LogP contribution in [0.2, 0.25) is 0 Å². The van der Waals surface area contributed by atoms with Gasteiger partial charge in [-0.2, -0.15) is 5.10 Å². The molecule has 0 aliphatic rings. The number of hydrogen-bond donors (Lipinski definition) is 1. The Morgan fingerprint density at radius 1 is 0.958 bits per heavy atom. The Morgan fingerprint density at radius 3 is 2.58 bits per heavy atom. The molecule has 1 aromatic carbocycles. The maximum Gasteiger partial charge on any atom is 0.153 e. The molecular formula is C18H13FN4O. The normalized spacial score (nSPS) is 10.9. The van der Waals surface area contributed by atoms with E-state index in [1.54, 1.807) is 29.2 Å². The van der Waals surface area contributed by atoms with Gasteiger partial charge >= 0.3 is 0 Å². The number of hydrogen-bond acceptors (Lipinski definition) is 4. The fourth-order valence-corrected chi connectivity index (χ4v) is 2.48. The van der Waals surface area contributed by atoms with Gasteiger partial charge in [0, 0.05) is 30.2 Å². The van der Waals surface area contributed by atoms with Crippen LogP contribution in [0, 0.1) is 5.82 Å². The second kappa shape index (κ2) is 5.66. The van der Waals surface area contributed by atoms with Gasteiger partial charge in [-0.15, -0.1) is 0 Å². The molecule has 4 aromatic rings. The van der Waals surface area contributed by atoms with Crippen LogP contribution in [-0.4, -0.2) is 14.6 Å². The number of benzene rings is 1. The zero-order valence-electron chi connectivity index (χ0n) is 12.6. The summed E-state index contributed by atoms with van der Waals surface area (Å²) in [6.45, 7) is 0. The van der Waals surface area contributed by atoms with Crippen LogP contribution >= 0.6 is 0 Å². The van der Waals surface area contributed by atoms with Crippen molar-refractivity contribution >= 4 is 11.2 Å². The van der Waals surface area contributed by atoms with E-state index in [1.807, 2.05) is 30.5 Å². The van der Waals surface area contributed by atoms with Crippen molar-refractivity contribution in [1.82, 2.24) is 14.6 Å². The van der Waals surface area contributed by atoms with E-state index in [9.17, 15) is 4.39 Å². The molecule has 6 heteroatoms. The molecule has 0 atom stereocenters. The molecule has 0 aliphatic carbocycles. The summed E-state index contributed by atoms with van der Waals surface area (Å²) < 4.78 is 21.2. The maximum atomic E-state index is 13.7. The van der Waals surface area contributed by atoms with Gasteiger partial charge < -0.3 is 10.5 Å². The van der Waals surface area contributed by atoms with Gasteiger partial charge in [0.15, 0.2) is 5.75 Å². The number of rotatable bonds is 3. The number of nitrogens with two attached hydrogens (primary N) is 1. The van der Waals surface area contributed by atoms with Gasteiger partial charge in [-0.3, -0.25) is 4.98 Å². The third kappa shape index (κ3) is 2.54. The van der Waals surface area contributed by atoms with Gasteiger partial charge in [0.25, 0.3) is 0 Å². The molecule has 0 bridgehead atoms. The highest BCUT2D eigenvalue weighted by Gasteiger charge is 2.10. The number of nitrogen functional groups attached to an aromatic ring is 1. The van der Waals surface area contributed by atoms with Gasteiger partial charge in [-0.05, 0) is 42.0 Å². The molecule has 118 valence electrons. The summed E-state index contributed by atoms with van der Waals surface area (Å²) in [5.41, 5.74) is 8.27. The van der Waals surface area contributed by atoms with Crippen molar-refractivity contribution in [2.24, 2.45) is 0 Å². The Labute approximate surface area is 137 Å². The van der Waals surface area contributed by atoms with Crippen LogP contribution in [0.5, 0.6) is 11.5 Å². The third-order valence-electron chi connectivity index (χ3n) is 3.68. The van der Waals surface area contributed by atoms with Crippen LogP contribution < -0.4 is 10.5 Å². The first-order valence-electron chi connectivity index (χ1n) is 7.31. The third-order valence-corrected chi connectivity index (χ3v) is 3.68. The van der Waals surface area contributed by atoms with Crippen molar-refractivity contribution in [2.45, 2.75) is 0 Å². The zero-order chi connectivity index (χ0) is 16.5. The molecule has 3 aromatic heterocycles. The van der Waals surface area contributed by atoms with E-state index in [0.717, 1.165) is 16.6 Å². The first kappa shape index (κ1) is 14.2. The van der Waals surface area contributed by atoms with E-state index < -0.39 is 5.82 Å². The van der Waals surface area contributed by atoms with E-state index in [4.69, 9.17) is 10.5 Å². The smallest absolute Gasteiger partial charge is 0.153 e. The number of aromatic nitrogens is 3. The van der Waals surface area contributed by atoms with Crippen LogP contribution in [0.4, 0.5) is 10.1 Å². The number of halogens is 1. The quantitative estimate of drug-likeness (QED) is 0.581. The SMILES string of the molecule is Nc1ccc(Oc2cc(-c3ccncc3)cn3nccc23)cc1F. The fraction of sp³-hybridized carbons (Fsp3) is 0. The van der Waals surface area contributed by atoms with E-state index in [1.165, 1.54) is 12.1 Å². The van der Waals surface area contributed by atoms with Gasteiger partial charge in [-0.1, -0.05) is 0 Å². The molecule has 0 radical (unpaired) electrons. The van der Waals surface area contributed by atoms with E-state index in [-0.39, 0.29) is 5.69 Å². The van der Waals surface area contributed by atoms with Crippen LogP contribution in [0.25, 0.3) is 16.6 Å². The Balaban J connectivity index is 1.81. The average molecular weight is 320 g/mol. The molecular weight excluding hydrogens is 307 g/mol. The van der Waals surface area contributed by atoms with Gasteiger partial charge in [0.2, 0.25) is 0 Å². The summed E-state index contributed by atoms with van der Waals surface area (Å²) in [5.74, 6) is 0.435. The lowest BCUT2D eigenvalue weighted by Gasteiger charge is -2.11. The molecule has 3 heterocycles. The number of fused-ring (bicyclic) bond motifs is 1. The Bertz CT molecular complexity index is 1010. The first-order chi connectivity index (χ1) is 11.7. The predicted octanol–water partition coefficient (Wildman–Crippen LogP) is 3.91. The lowest BCUT2D eigenvalue weighted by Crippen LogP contribution is -1.95. The number of nitrogens with zero attached hydrogens (tertiary/aromatic N) is 3. The lowest BCUT2D eigenvalue weighted by molar-refractivity contribution is 0.480. The molecule has 0 saturated heterocycles. The molecule has 0 unspecified atom stereocenters. The minimum atomic E-state index is -0.512. The van der Waals surface area contributed by atoms with E-state index in [0.29, 0.717) is 11.5 Å². The number of anilines is 1. The predicted molar refractivity (Wildman–Crippen MR) is 89.3 cm³/mol. The summed E-state index contributed by atoms with van der Waals surface area (Å²) in [6, 6.07) is 11.9. The maximum absolute atomic E-state index is 13.7. The summed E-state index contributed by atoms with van der Waals surface area (Å²) in [4.78, 5) is 4.02. The molecule has 0 fully saturated rings. The topological polar surface area (TPSA) is 65.4 Å². The summed E-state index contributed by atoms with van der Waals surface area (Å²) >= 11 is 0. The van der Waals surface area contributed by atoms with Crippen molar-refractivity contribution in [3.63, 3.8) is 0 Å². The second-order valence-corrected chi connectivity index (χ2v) is 5.28. The molecule has 0 saturated carbocycles. The van der Waals surface area contributed by atoms with Crippen LogP contribution in [0.3, 0.4) is 0 Å². The van der Waals surface area contributed by atoms with Crippen molar-refractivity contribution in [3.8, 4) is 22.6 Å². The van der Waals surface area contributed by atoms with Gasteiger partial charge in [0.1, 0.15) is 17.1 Å². The second-order valence-electron chi connectivity index (χ2n) is 5.28. The summed E-state index contributed by atoms with van der Waals surface area (Å²) in [5, 5.41) is 4.27. The minimum Gasteiger partial charge on any atom is -0.455 e. The molecule has 0 spiro atoms. The standard InChI is InChI=1S/C18H13FN4O/c19-15-10-14(1-2-16(15)20)24-18-9-13(12-3-6-21-7-4-12)11-23-17(18)5-8-22-23/h1-11H,20H2. The van der Waals surface area contributed by atoms with Crippen LogP contribution in [0.15, 0.2) is 67.3 Å². The lowest BCUT2D eigenvalue weighted by atomic mass is 10.1. The van der Waals surface area contributed by atoms with E-state index in [2.05, 4.69) is 10.1 Å². The minimum absolute atomic E-state index is 0.0855. The Kier molecular flexibility index (Phi) is 3.35. The molecule has 5 nitrogen and oxygen atoms in total. The van der Waals surface area contributed by atoms with Crippen molar-refractivity contribution in [1.29, 1.82) is 0 Å². The van der Waals surface area contributed by atoms with Gasteiger partial charge in [0.05, 0.1) is 11.9 Å². The van der Waals surface area contributed by atoms with Crippen LogP contribution in [0.1, 0.15) is 0 Å². The molecule has 0 aliphatic heterocycles. The van der Waals surface area contributed by atoms with Crippen molar-refractivity contribution < 1.29 is 9.13 Å². The molecule has 24 heavy (non-hydrogen) atoms. The highest BCUT2D eigenvalue weighted by atomic mass is 19.1. The summed E-state index contributed by atoms with van der Waals surface area (Å²) in [7, 11) is 0. The highest BCUT2D eigenvalue weighted by molar-refractivity contribution is 5.71. The molecule has 0 amide bonds. The van der Waals surface area contributed by atoms with Crippen molar-refractivity contribution in [2.75, 3.05) is 5.73 Å². The fourth-order valence-electron chi connectivity index (χ4n) is 2.48. The molecule has 4 rings (SSSR count). The van der Waals surface area contributed by atoms with Crippen LogP contribution in [-0.2, 0) is 0 Å². The number of ether oxygens (including phenoxy) is 1. The summed E-state index contributed by atoms with van der Waals surface area (Å²) in [6.07, 6.45) is 7.03. The van der Waals surface area contributed by atoms with Crippen molar-refractivity contribution in [3.05, 3.63) is 73.1 Å². The van der Waals surface area contributed by atoms with Gasteiger partial charge in [-0.25, -0.2) is 8.91 Å². The largest absolute Gasteiger partial charge is 0.455 e. The first-order valence-corrected chi connectivity index (χ1v) is 7.31.